The summed E-state index contributed by atoms with van der Waals surface area (Å²) >= 11 is 0. The molecule has 0 atom stereocenters. The maximum absolute atomic E-state index is 12.8. The summed E-state index contributed by atoms with van der Waals surface area (Å²) in [6.45, 7) is 0. The van der Waals surface area contributed by atoms with Gasteiger partial charge in [-0.2, -0.15) is 0 Å². The second kappa shape index (κ2) is 7.76. The van der Waals surface area contributed by atoms with Crippen LogP contribution < -0.4 is 5.32 Å². The van der Waals surface area contributed by atoms with E-state index in [0.717, 1.165) is 16.8 Å². The molecule has 0 saturated carbocycles. The molecule has 4 rings (SSSR count). The molecule has 4 aromatic rings. The Kier molecular flexibility index (Phi) is 5.01. The van der Waals surface area contributed by atoms with Crippen molar-refractivity contribution in [1.82, 2.24) is 15.0 Å². The van der Waals surface area contributed by atoms with Crippen molar-refractivity contribution in [3.63, 3.8) is 0 Å². The van der Waals surface area contributed by atoms with Crippen LogP contribution in [0.4, 0.5) is 5.95 Å². The Balaban J connectivity index is 1.49. The minimum absolute atomic E-state index is 0.0864. The molecule has 0 radical (unpaired) electrons. The van der Waals surface area contributed by atoms with Crippen LogP contribution >= 0.6 is 0 Å². The van der Waals surface area contributed by atoms with E-state index in [0.29, 0.717) is 5.56 Å². The molecular formula is C21H18N4O3S. The molecule has 3 N–H and O–H groups in total. The largest absolute Gasteiger partial charge is 0.366 e. The molecule has 0 aliphatic rings. The number of H-pyrrole nitrogens is 2. The van der Waals surface area contributed by atoms with E-state index in [1.165, 1.54) is 6.20 Å². The fourth-order valence-electron chi connectivity index (χ4n) is 3.02. The van der Waals surface area contributed by atoms with Gasteiger partial charge in [-0.15, -0.1) is 0 Å². The number of sulfone groups is 1. The highest BCUT2D eigenvalue weighted by atomic mass is 32.2. The summed E-state index contributed by atoms with van der Waals surface area (Å²) in [5, 5.41) is 2.51. The van der Waals surface area contributed by atoms with E-state index in [9.17, 15) is 13.2 Å². The lowest BCUT2D eigenvalue weighted by molar-refractivity contribution is -0.113. The molecule has 146 valence electrons. The Hall–Kier alpha value is -3.65. The minimum Gasteiger partial charge on any atom is -0.366 e. The minimum atomic E-state index is -3.85. The molecule has 7 nitrogen and oxygen atoms in total. The third-order valence-electron chi connectivity index (χ3n) is 4.37. The van der Waals surface area contributed by atoms with Crippen molar-refractivity contribution < 1.29 is 13.2 Å². The number of hydrogen-bond acceptors (Lipinski definition) is 4. The SMILES string of the molecule is O=C(CS(=O)(=O)c1c[nH]cc1-c1ccccc1)Nc1ncc(-c2ccccc2)[nH]1. The number of carbonyl (C=O) groups is 1. The summed E-state index contributed by atoms with van der Waals surface area (Å²) in [5.41, 5.74) is 2.92. The Morgan fingerprint density at radius 2 is 1.59 bits per heavy atom. The molecule has 0 spiro atoms. The van der Waals surface area contributed by atoms with Crippen LogP contribution in [0.25, 0.3) is 22.4 Å². The maximum Gasteiger partial charge on any atom is 0.242 e. The van der Waals surface area contributed by atoms with Crippen molar-refractivity contribution in [3.05, 3.63) is 79.3 Å². The first-order valence-corrected chi connectivity index (χ1v) is 10.5. The van der Waals surface area contributed by atoms with Crippen LogP contribution in [0.1, 0.15) is 0 Å². The van der Waals surface area contributed by atoms with Crippen LogP contribution in [0.2, 0.25) is 0 Å². The number of nitrogens with zero attached hydrogens (tertiary/aromatic N) is 1. The zero-order chi connectivity index (χ0) is 20.3. The number of aromatic nitrogens is 3. The van der Waals surface area contributed by atoms with Crippen LogP contribution in [0.5, 0.6) is 0 Å². The average Bonchev–Trinajstić information content (AvgIpc) is 3.39. The van der Waals surface area contributed by atoms with E-state index in [2.05, 4.69) is 20.3 Å². The van der Waals surface area contributed by atoms with Gasteiger partial charge in [0, 0.05) is 18.0 Å². The molecule has 1 amide bonds. The predicted molar refractivity (Wildman–Crippen MR) is 111 cm³/mol. The number of aromatic amines is 2. The van der Waals surface area contributed by atoms with Gasteiger partial charge in [0.1, 0.15) is 5.75 Å². The lowest BCUT2D eigenvalue weighted by Gasteiger charge is -2.06. The first-order chi connectivity index (χ1) is 14.0. The maximum atomic E-state index is 12.8. The van der Waals surface area contributed by atoms with Crippen LogP contribution in [-0.4, -0.2) is 35.0 Å². The Morgan fingerprint density at radius 3 is 2.28 bits per heavy atom. The van der Waals surface area contributed by atoms with Crippen LogP contribution in [0.3, 0.4) is 0 Å². The quantitative estimate of drug-likeness (QED) is 0.455. The van der Waals surface area contributed by atoms with Crippen LogP contribution in [0, 0.1) is 0 Å². The van der Waals surface area contributed by atoms with Crippen LogP contribution in [-0.2, 0) is 14.6 Å². The lowest BCUT2D eigenvalue weighted by Crippen LogP contribution is -2.23. The lowest BCUT2D eigenvalue weighted by atomic mass is 10.1. The molecule has 0 aliphatic carbocycles. The average molecular weight is 406 g/mol. The van der Waals surface area contributed by atoms with E-state index >= 15 is 0 Å². The zero-order valence-electron chi connectivity index (χ0n) is 15.3. The number of nitrogens with one attached hydrogen (secondary N) is 3. The summed E-state index contributed by atoms with van der Waals surface area (Å²) in [6, 6.07) is 18.6. The summed E-state index contributed by atoms with van der Waals surface area (Å²) in [5.74, 6) is -1.16. The van der Waals surface area contributed by atoms with Crippen molar-refractivity contribution >= 4 is 21.7 Å². The fourth-order valence-corrected chi connectivity index (χ4v) is 4.35. The van der Waals surface area contributed by atoms with Gasteiger partial charge in [0.05, 0.1) is 16.8 Å². The molecule has 0 aliphatic heterocycles. The highest BCUT2D eigenvalue weighted by Gasteiger charge is 2.24. The second-order valence-corrected chi connectivity index (χ2v) is 8.38. The topological polar surface area (TPSA) is 108 Å². The summed E-state index contributed by atoms with van der Waals surface area (Å²) in [7, 11) is -3.85. The number of rotatable bonds is 6. The van der Waals surface area contributed by atoms with E-state index in [1.54, 1.807) is 12.4 Å². The van der Waals surface area contributed by atoms with Gasteiger partial charge in [0.15, 0.2) is 9.84 Å². The van der Waals surface area contributed by atoms with Crippen molar-refractivity contribution in [2.75, 3.05) is 11.1 Å². The van der Waals surface area contributed by atoms with Crippen molar-refractivity contribution in [2.45, 2.75) is 4.90 Å². The molecule has 0 bridgehead atoms. The molecule has 2 aromatic heterocycles. The number of carbonyl (C=O) groups excluding carboxylic acids is 1. The molecule has 0 saturated heterocycles. The monoisotopic (exact) mass is 406 g/mol. The molecule has 2 aromatic carbocycles. The van der Waals surface area contributed by atoms with Gasteiger partial charge in [0.2, 0.25) is 11.9 Å². The van der Waals surface area contributed by atoms with E-state index in [4.69, 9.17) is 0 Å². The van der Waals surface area contributed by atoms with E-state index in [1.807, 2.05) is 60.7 Å². The predicted octanol–water partition coefficient (Wildman–Crippen LogP) is 3.48. The van der Waals surface area contributed by atoms with Gasteiger partial charge in [-0.3, -0.25) is 10.1 Å². The molecule has 8 heteroatoms. The molecule has 0 fully saturated rings. The van der Waals surface area contributed by atoms with Crippen molar-refractivity contribution in [3.8, 4) is 22.4 Å². The summed E-state index contributed by atoms with van der Waals surface area (Å²) in [6.07, 6.45) is 4.59. The highest BCUT2D eigenvalue weighted by molar-refractivity contribution is 7.92. The number of hydrogen-bond donors (Lipinski definition) is 3. The van der Waals surface area contributed by atoms with Crippen molar-refractivity contribution in [1.29, 1.82) is 0 Å². The normalized spacial score (nSPS) is 11.3. The summed E-state index contributed by atoms with van der Waals surface area (Å²) in [4.78, 5) is 22.3. The number of benzene rings is 2. The van der Waals surface area contributed by atoms with Crippen LogP contribution in [0.15, 0.2) is 84.1 Å². The molecule has 2 heterocycles. The first kappa shape index (κ1) is 18.7. The summed E-state index contributed by atoms with van der Waals surface area (Å²) < 4.78 is 25.6. The van der Waals surface area contributed by atoms with Gasteiger partial charge in [-0.1, -0.05) is 60.7 Å². The number of imidazole rings is 1. The fraction of sp³-hybridized carbons (Fsp3) is 0.0476. The van der Waals surface area contributed by atoms with Gasteiger partial charge in [-0.25, -0.2) is 13.4 Å². The third kappa shape index (κ3) is 4.12. The Bertz CT molecular complexity index is 1230. The van der Waals surface area contributed by atoms with Crippen molar-refractivity contribution in [2.24, 2.45) is 0 Å². The van der Waals surface area contributed by atoms with Gasteiger partial charge in [-0.05, 0) is 11.1 Å². The smallest absolute Gasteiger partial charge is 0.242 e. The zero-order valence-corrected chi connectivity index (χ0v) is 16.1. The number of amides is 1. The second-order valence-electron chi connectivity index (χ2n) is 6.42. The van der Waals surface area contributed by atoms with Gasteiger partial charge < -0.3 is 9.97 Å². The standard InChI is InChI=1S/C21H18N4O3S/c26-20(25-21-23-12-18(24-21)16-9-5-2-6-10-16)14-29(27,28)19-13-22-11-17(19)15-7-3-1-4-8-15/h1-13,22H,14H2,(H2,23,24,25,26). The molecular weight excluding hydrogens is 388 g/mol. The highest BCUT2D eigenvalue weighted by Crippen LogP contribution is 2.27. The first-order valence-electron chi connectivity index (χ1n) is 8.88. The van der Waals surface area contributed by atoms with Gasteiger partial charge in [0.25, 0.3) is 0 Å². The Labute approximate surface area is 167 Å². The van der Waals surface area contributed by atoms with Gasteiger partial charge >= 0.3 is 0 Å². The van der Waals surface area contributed by atoms with E-state index in [-0.39, 0.29) is 10.8 Å². The van der Waals surface area contributed by atoms with E-state index < -0.39 is 21.5 Å². The molecule has 0 unspecified atom stereocenters. The molecule has 29 heavy (non-hydrogen) atoms. The Morgan fingerprint density at radius 1 is 0.931 bits per heavy atom. The number of anilines is 1. The third-order valence-corrected chi connectivity index (χ3v) is 6.02.